The number of carbonyl (C=O) groups excluding carboxylic acids is 1. The average Bonchev–Trinajstić information content (AvgIpc) is 2.19. The number of anilines is 1. The van der Waals surface area contributed by atoms with E-state index in [0.717, 1.165) is 11.3 Å². The van der Waals surface area contributed by atoms with Gasteiger partial charge in [-0.1, -0.05) is 19.1 Å². The van der Waals surface area contributed by atoms with Gasteiger partial charge < -0.3 is 5.32 Å². The molecular weight excluding hydrogens is 164 g/mol. The van der Waals surface area contributed by atoms with Crippen LogP contribution in [0.2, 0.25) is 0 Å². The molecule has 0 spiro atoms. The van der Waals surface area contributed by atoms with E-state index in [4.69, 9.17) is 5.73 Å². The highest BCUT2D eigenvalue weighted by Crippen LogP contribution is 2.09. The molecule has 0 bridgehead atoms. The van der Waals surface area contributed by atoms with Crippen LogP contribution in [0.5, 0.6) is 0 Å². The Labute approximate surface area is 77.9 Å². The number of hydrogen-bond acceptors (Lipinski definition) is 1. The lowest BCUT2D eigenvalue weighted by Crippen LogP contribution is -2.09. The van der Waals surface area contributed by atoms with Gasteiger partial charge in [0.1, 0.15) is 0 Å². The molecule has 0 heterocycles. The van der Waals surface area contributed by atoms with E-state index in [0.29, 0.717) is 6.42 Å². The van der Waals surface area contributed by atoms with E-state index in [9.17, 15) is 4.79 Å². The third-order valence-corrected chi connectivity index (χ3v) is 1.76. The van der Waals surface area contributed by atoms with Crippen molar-refractivity contribution in [3.05, 3.63) is 29.8 Å². The lowest BCUT2D eigenvalue weighted by molar-refractivity contribution is -0.115. The van der Waals surface area contributed by atoms with Gasteiger partial charge in [-0.3, -0.25) is 10.5 Å². The Hall–Kier alpha value is -1.35. The molecule has 3 heteroatoms. The van der Waals surface area contributed by atoms with Gasteiger partial charge in [0.05, 0.1) is 0 Å². The van der Waals surface area contributed by atoms with Crippen LogP contribution in [0.15, 0.2) is 24.3 Å². The highest BCUT2D eigenvalue weighted by Gasteiger charge is 1.97. The highest BCUT2D eigenvalue weighted by molar-refractivity contribution is 5.90. The molecular formula is C10H13N2O. The van der Waals surface area contributed by atoms with Crippen LogP contribution in [-0.2, 0) is 11.3 Å². The first kappa shape index (κ1) is 9.74. The second-order valence-electron chi connectivity index (χ2n) is 2.78. The third kappa shape index (κ3) is 2.87. The van der Waals surface area contributed by atoms with Gasteiger partial charge in [0, 0.05) is 18.7 Å². The molecule has 0 aliphatic heterocycles. The van der Waals surface area contributed by atoms with Gasteiger partial charge in [-0.25, -0.2) is 0 Å². The van der Waals surface area contributed by atoms with Crippen molar-refractivity contribution in [2.75, 3.05) is 5.32 Å². The van der Waals surface area contributed by atoms with E-state index in [-0.39, 0.29) is 12.5 Å². The van der Waals surface area contributed by atoms with Crippen LogP contribution < -0.4 is 11.1 Å². The van der Waals surface area contributed by atoms with Crippen molar-refractivity contribution >= 4 is 11.6 Å². The minimum atomic E-state index is 0.0126. The van der Waals surface area contributed by atoms with Crippen LogP contribution in [0.4, 0.5) is 5.69 Å². The van der Waals surface area contributed by atoms with E-state index in [1.165, 1.54) is 0 Å². The van der Waals surface area contributed by atoms with Gasteiger partial charge >= 0.3 is 0 Å². The Morgan fingerprint density at radius 3 is 2.46 bits per heavy atom. The van der Waals surface area contributed by atoms with E-state index in [1.807, 2.05) is 31.2 Å². The molecule has 1 aromatic carbocycles. The first-order chi connectivity index (χ1) is 6.26. The van der Waals surface area contributed by atoms with Crippen molar-refractivity contribution in [3.8, 4) is 0 Å². The lowest BCUT2D eigenvalue weighted by Gasteiger charge is -2.03. The maximum atomic E-state index is 11.0. The maximum absolute atomic E-state index is 11.0. The van der Waals surface area contributed by atoms with Crippen LogP contribution in [0, 0.1) is 0 Å². The molecule has 0 unspecified atom stereocenters. The van der Waals surface area contributed by atoms with Gasteiger partial charge in [-0.15, -0.1) is 0 Å². The summed E-state index contributed by atoms with van der Waals surface area (Å²) in [6, 6.07) is 7.32. The number of hydrogen-bond donors (Lipinski definition) is 1. The molecule has 0 aromatic heterocycles. The van der Waals surface area contributed by atoms with Crippen molar-refractivity contribution in [1.29, 1.82) is 0 Å². The molecule has 13 heavy (non-hydrogen) atoms. The van der Waals surface area contributed by atoms with Crippen LogP contribution in [0.25, 0.3) is 0 Å². The van der Waals surface area contributed by atoms with Crippen molar-refractivity contribution in [1.82, 2.24) is 5.73 Å². The second-order valence-corrected chi connectivity index (χ2v) is 2.78. The Balaban J connectivity index is 2.64. The first-order valence-electron chi connectivity index (χ1n) is 4.29. The molecule has 2 N–H and O–H groups in total. The third-order valence-electron chi connectivity index (χ3n) is 1.76. The van der Waals surface area contributed by atoms with Crippen LogP contribution in [-0.4, -0.2) is 5.91 Å². The van der Waals surface area contributed by atoms with Gasteiger partial charge in [0.2, 0.25) is 5.91 Å². The monoisotopic (exact) mass is 177 g/mol. The van der Waals surface area contributed by atoms with Gasteiger partial charge in [-0.2, -0.15) is 0 Å². The Morgan fingerprint density at radius 1 is 1.38 bits per heavy atom. The molecule has 1 amide bonds. The summed E-state index contributed by atoms with van der Waals surface area (Å²) < 4.78 is 0. The molecule has 0 saturated heterocycles. The number of carbonyl (C=O) groups is 1. The molecule has 69 valence electrons. The van der Waals surface area contributed by atoms with Gasteiger partial charge in [0.15, 0.2) is 0 Å². The fraction of sp³-hybridized carbons (Fsp3) is 0.300. The van der Waals surface area contributed by atoms with Crippen molar-refractivity contribution in [2.45, 2.75) is 19.9 Å². The minimum Gasteiger partial charge on any atom is -0.326 e. The van der Waals surface area contributed by atoms with E-state index < -0.39 is 0 Å². The van der Waals surface area contributed by atoms with Crippen LogP contribution in [0.3, 0.4) is 0 Å². The van der Waals surface area contributed by atoms with Crippen LogP contribution in [0.1, 0.15) is 18.9 Å². The summed E-state index contributed by atoms with van der Waals surface area (Å²) in [6.45, 7) is 2.09. The summed E-state index contributed by atoms with van der Waals surface area (Å²) in [7, 11) is 0. The lowest BCUT2D eigenvalue weighted by atomic mass is 10.2. The molecule has 1 rings (SSSR count). The van der Waals surface area contributed by atoms with E-state index in [2.05, 4.69) is 5.32 Å². The predicted molar refractivity (Wildman–Crippen MR) is 52.2 cm³/mol. The smallest absolute Gasteiger partial charge is 0.224 e. The highest BCUT2D eigenvalue weighted by atomic mass is 16.1. The quantitative estimate of drug-likeness (QED) is 0.752. The molecule has 0 atom stereocenters. The van der Waals surface area contributed by atoms with Crippen LogP contribution >= 0.6 is 0 Å². The molecule has 1 radical (unpaired) electrons. The zero-order valence-corrected chi connectivity index (χ0v) is 7.63. The molecule has 0 fully saturated rings. The van der Waals surface area contributed by atoms with E-state index >= 15 is 0 Å². The van der Waals surface area contributed by atoms with E-state index in [1.54, 1.807) is 0 Å². The number of amides is 1. The topological polar surface area (TPSA) is 52.9 Å². The van der Waals surface area contributed by atoms with Crippen molar-refractivity contribution in [3.63, 3.8) is 0 Å². The summed E-state index contributed by atoms with van der Waals surface area (Å²) in [5.74, 6) is 0.0126. The van der Waals surface area contributed by atoms with Crippen molar-refractivity contribution in [2.24, 2.45) is 0 Å². The number of rotatable bonds is 3. The maximum Gasteiger partial charge on any atom is 0.224 e. The second kappa shape index (κ2) is 4.62. The number of nitrogens with one attached hydrogen (secondary N) is 2. The Bertz CT molecular complexity index is 279. The Morgan fingerprint density at radius 2 is 2.00 bits per heavy atom. The normalized spacial score (nSPS) is 9.69. The minimum absolute atomic E-state index is 0.0126. The first-order valence-corrected chi connectivity index (χ1v) is 4.29. The van der Waals surface area contributed by atoms with Gasteiger partial charge in [-0.05, 0) is 17.7 Å². The fourth-order valence-electron chi connectivity index (χ4n) is 0.955. The average molecular weight is 177 g/mol. The summed E-state index contributed by atoms with van der Waals surface area (Å²) in [6.07, 6.45) is 0.486. The summed E-state index contributed by atoms with van der Waals surface area (Å²) in [5.41, 5.74) is 8.85. The molecule has 1 aromatic rings. The van der Waals surface area contributed by atoms with Gasteiger partial charge in [0.25, 0.3) is 0 Å². The summed E-state index contributed by atoms with van der Waals surface area (Å²) in [4.78, 5) is 11.0. The molecule has 0 aliphatic carbocycles. The summed E-state index contributed by atoms with van der Waals surface area (Å²) in [5, 5.41) is 2.74. The molecule has 0 aliphatic rings. The standard InChI is InChI=1S/C10H13N2O/c1-2-10(13)12-9-5-3-8(7-11)4-6-9/h3-6,11H,2,7H2,1H3,(H,12,13). The molecule has 3 nitrogen and oxygen atoms in total. The largest absolute Gasteiger partial charge is 0.326 e. The SMILES string of the molecule is CCC(=O)Nc1ccc(C[NH])cc1. The zero-order valence-electron chi connectivity index (χ0n) is 7.63. The van der Waals surface area contributed by atoms with Crippen molar-refractivity contribution < 1.29 is 4.79 Å². The Kier molecular flexibility index (Phi) is 3.46. The predicted octanol–water partition coefficient (Wildman–Crippen LogP) is 1.82. The summed E-state index contributed by atoms with van der Waals surface area (Å²) >= 11 is 0. The number of benzene rings is 1. The zero-order chi connectivity index (χ0) is 9.68. The molecule has 0 saturated carbocycles. The fourth-order valence-corrected chi connectivity index (χ4v) is 0.955.